The number of rotatable bonds is 4. The molecule has 1 aromatic rings. The number of amides is 2. The first kappa shape index (κ1) is 13.8. The van der Waals surface area contributed by atoms with Crippen LogP contribution in [-0.2, 0) is 17.8 Å². The van der Waals surface area contributed by atoms with E-state index in [1.807, 2.05) is 6.20 Å². The summed E-state index contributed by atoms with van der Waals surface area (Å²) in [5.41, 5.74) is 0. The molecule has 1 saturated heterocycles. The van der Waals surface area contributed by atoms with E-state index in [2.05, 4.69) is 17.2 Å². The number of likely N-dealkylation sites (tertiary alicyclic amines) is 1. The van der Waals surface area contributed by atoms with Crippen LogP contribution in [0, 0.1) is 5.92 Å². The van der Waals surface area contributed by atoms with Crippen LogP contribution in [0.2, 0.25) is 0 Å². The molecule has 19 heavy (non-hydrogen) atoms. The van der Waals surface area contributed by atoms with Crippen LogP contribution in [0.3, 0.4) is 0 Å². The normalized spacial score (nSPS) is 18.6. The molecule has 6 nitrogen and oxygen atoms in total. The lowest BCUT2D eigenvalue weighted by Gasteiger charge is -2.16. The zero-order valence-corrected chi connectivity index (χ0v) is 11.6. The molecule has 104 valence electrons. The summed E-state index contributed by atoms with van der Waals surface area (Å²) >= 11 is 1.58. The third kappa shape index (κ3) is 3.44. The predicted molar refractivity (Wildman–Crippen MR) is 71.0 cm³/mol. The Balaban J connectivity index is 1.80. The van der Waals surface area contributed by atoms with Crippen molar-refractivity contribution < 1.29 is 14.7 Å². The third-order valence-corrected chi connectivity index (χ3v) is 4.31. The molecule has 1 fully saturated rings. The maximum atomic E-state index is 11.9. The average Bonchev–Trinajstić information content (AvgIpc) is 3.04. The van der Waals surface area contributed by atoms with E-state index in [4.69, 9.17) is 5.11 Å². The van der Waals surface area contributed by atoms with Crippen LogP contribution in [0.1, 0.15) is 23.2 Å². The van der Waals surface area contributed by atoms with E-state index in [1.165, 1.54) is 4.88 Å². The predicted octanol–water partition coefficient (Wildman–Crippen LogP) is 1.32. The van der Waals surface area contributed by atoms with Gasteiger partial charge in [0.2, 0.25) is 0 Å². The van der Waals surface area contributed by atoms with Gasteiger partial charge in [0.1, 0.15) is 5.01 Å². The van der Waals surface area contributed by atoms with Gasteiger partial charge in [-0.3, -0.25) is 4.79 Å². The number of urea groups is 1. The number of carboxylic acid groups (broad SMARTS) is 1. The van der Waals surface area contributed by atoms with Crippen molar-refractivity contribution in [3.05, 3.63) is 16.1 Å². The molecule has 7 heteroatoms. The van der Waals surface area contributed by atoms with E-state index in [1.54, 1.807) is 16.2 Å². The Labute approximate surface area is 115 Å². The minimum absolute atomic E-state index is 0.211. The number of thiazole rings is 1. The monoisotopic (exact) mass is 283 g/mol. The zero-order valence-electron chi connectivity index (χ0n) is 10.8. The van der Waals surface area contributed by atoms with Gasteiger partial charge in [0, 0.05) is 24.2 Å². The van der Waals surface area contributed by atoms with Gasteiger partial charge in [0.15, 0.2) is 0 Å². The SMILES string of the molecule is CCc1cnc(CNC(=O)N2CCC(C(=O)O)C2)s1. The van der Waals surface area contributed by atoms with Gasteiger partial charge in [-0.2, -0.15) is 0 Å². The maximum Gasteiger partial charge on any atom is 0.317 e. The molecule has 0 saturated carbocycles. The number of nitrogens with zero attached hydrogens (tertiary/aromatic N) is 2. The van der Waals surface area contributed by atoms with Gasteiger partial charge in [-0.1, -0.05) is 6.92 Å². The number of aryl methyl sites for hydroxylation is 1. The van der Waals surface area contributed by atoms with Crippen LogP contribution in [-0.4, -0.2) is 40.1 Å². The molecular formula is C12H17N3O3S. The number of nitrogens with one attached hydrogen (secondary N) is 1. The van der Waals surface area contributed by atoms with Gasteiger partial charge in [-0.15, -0.1) is 11.3 Å². The number of carboxylic acids is 1. The molecule has 1 unspecified atom stereocenters. The van der Waals surface area contributed by atoms with E-state index in [-0.39, 0.29) is 6.03 Å². The summed E-state index contributed by atoms with van der Waals surface area (Å²) < 4.78 is 0. The highest BCUT2D eigenvalue weighted by Crippen LogP contribution is 2.17. The number of carbonyl (C=O) groups excluding carboxylic acids is 1. The summed E-state index contributed by atoms with van der Waals surface area (Å²) in [6.45, 7) is 3.25. The fourth-order valence-electron chi connectivity index (χ4n) is 2.00. The number of hydrogen-bond acceptors (Lipinski definition) is 4. The van der Waals surface area contributed by atoms with Crippen molar-refractivity contribution in [1.82, 2.24) is 15.2 Å². The standard InChI is InChI=1S/C12H17N3O3S/c1-2-9-5-13-10(19-9)6-14-12(18)15-4-3-8(7-15)11(16)17/h5,8H,2-4,6-7H2,1H3,(H,14,18)(H,16,17). The highest BCUT2D eigenvalue weighted by atomic mass is 32.1. The lowest BCUT2D eigenvalue weighted by atomic mass is 10.1. The first-order valence-corrected chi connectivity index (χ1v) is 7.11. The summed E-state index contributed by atoms with van der Waals surface area (Å²) in [6.07, 6.45) is 3.29. The Hall–Kier alpha value is -1.63. The molecule has 2 heterocycles. The Bertz CT molecular complexity index is 475. The topological polar surface area (TPSA) is 82.5 Å². The second kappa shape index (κ2) is 6.01. The minimum atomic E-state index is -0.831. The Kier molecular flexibility index (Phi) is 4.36. The fourth-order valence-corrected chi connectivity index (χ4v) is 2.80. The van der Waals surface area contributed by atoms with E-state index in [0.29, 0.717) is 26.1 Å². The highest BCUT2D eigenvalue weighted by molar-refractivity contribution is 7.11. The molecule has 0 aliphatic carbocycles. The molecule has 0 aromatic carbocycles. The molecule has 1 atom stereocenters. The third-order valence-electron chi connectivity index (χ3n) is 3.17. The molecule has 1 aromatic heterocycles. The molecule has 1 aliphatic heterocycles. The lowest BCUT2D eigenvalue weighted by Crippen LogP contribution is -2.38. The van der Waals surface area contributed by atoms with Crippen molar-refractivity contribution in [3.8, 4) is 0 Å². The smallest absolute Gasteiger partial charge is 0.317 e. The van der Waals surface area contributed by atoms with Crippen LogP contribution in [0.25, 0.3) is 0 Å². The van der Waals surface area contributed by atoms with Gasteiger partial charge in [-0.05, 0) is 12.8 Å². The van der Waals surface area contributed by atoms with Gasteiger partial charge in [0.25, 0.3) is 0 Å². The summed E-state index contributed by atoms with van der Waals surface area (Å²) in [6, 6.07) is -0.211. The Morgan fingerprint density at radius 1 is 1.63 bits per heavy atom. The van der Waals surface area contributed by atoms with Crippen LogP contribution in [0.4, 0.5) is 4.79 Å². The molecule has 1 aliphatic rings. The maximum absolute atomic E-state index is 11.9. The molecule has 0 bridgehead atoms. The molecule has 0 spiro atoms. The number of carbonyl (C=O) groups is 2. The summed E-state index contributed by atoms with van der Waals surface area (Å²) in [4.78, 5) is 29.6. The van der Waals surface area contributed by atoms with Crippen LogP contribution in [0.5, 0.6) is 0 Å². The second-order valence-electron chi connectivity index (χ2n) is 4.50. The molecule has 0 radical (unpaired) electrons. The van der Waals surface area contributed by atoms with Crippen molar-refractivity contribution in [1.29, 1.82) is 0 Å². The van der Waals surface area contributed by atoms with Crippen molar-refractivity contribution >= 4 is 23.3 Å². The van der Waals surface area contributed by atoms with E-state index in [9.17, 15) is 9.59 Å². The molecule has 2 rings (SSSR count). The Morgan fingerprint density at radius 3 is 3.00 bits per heavy atom. The van der Waals surface area contributed by atoms with Crippen LogP contribution < -0.4 is 5.32 Å². The van der Waals surface area contributed by atoms with Gasteiger partial charge in [-0.25, -0.2) is 9.78 Å². The van der Waals surface area contributed by atoms with Gasteiger partial charge >= 0.3 is 12.0 Å². The van der Waals surface area contributed by atoms with Crippen molar-refractivity contribution in [2.75, 3.05) is 13.1 Å². The number of aliphatic carboxylic acids is 1. The highest BCUT2D eigenvalue weighted by Gasteiger charge is 2.30. The summed E-state index contributed by atoms with van der Waals surface area (Å²) in [5.74, 6) is -1.26. The molecular weight excluding hydrogens is 266 g/mol. The summed E-state index contributed by atoms with van der Waals surface area (Å²) in [5, 5.41) is 12.5. The number of aromatic nitrogens is 1. The molecule has 2 N–H and O–H groups in total. The first-order valence-electron chi connectivity index (χ1n) is 6.29. The van der Waals surface area contributed by atoms with Crippen LogP contribution in [0.15, 0.2) is 6.20 Å². The number of hydrogen-bond donors (Lipinski definition) is 2. The second-order valence-corrected chi connectivity index (χ2v) is 5.70. The van der Waals surface area contributed by atoms with Crippen molar-refractivity contribution in [2.24, 2.45) is 5.92 Å². The van der Waals surface area contributed by atoms with Crippen molar-refractivity contribution in [2.45, 2.75) is 26.3 Å². The average molecular weight is 283 g/mol. The lowest BCUT2D eigenvalue weighted by molar-refractivity contribution is -0.141. The summed E-state index contributed by atoms with van der Waals surface area (Å²) in [7, 11) is 0. The van der Waals surface area contributed by atoms with Gasteiger partial charge in [0.05, 0.1) is 12.5 Å². The van der Waals surface area contributed by atoms with E-state index < -0.39 is 11.9 Å². The fraction of sp³-hybridized carbons (Fsp3) is 0.583. The van der Waals surface area contributed by atoms with E-state index in [0.717, 1.165) is 11.4 Å². The molecule has 2 amide bonds. The quantitative estimate of drug-likeness (QED) is 0.873. The minimum Gasteiger partial charge on any atom is -0.481 e. The van der Waals surface area contributed by atoms with Crippen LogP contribution >= 0.6 is 11.3 Å². The first-order chi connectivity index (χ1) is 9.10. The van der Waals surface area contributed by atoms with E-state index >= 15 is 0 Å². The largest absolute Gasteiger partial charge is 0.481 e. The zero-order chi connectivity index (χ0) is 13.8. The Morgan fingerprint density at radius 2 is 2.42 bits per heavy atom. The van der Waals surface area contributed by atoms with Gasteiger partial charge < -0.3 is 15.3 Å². The van der Waals surface area contributed by atoms with Crippen molar-refractivity contribution in [3.63, 3.8) is 0 Å².